The number of methoxy groups -OCH3 is 1. The lowest BCUT2D eigenvalue weighted by molar-refractivity contribution is 0.415. The first-order valence-electron chi connectivity index (χ1n) is 6.48. The molecule has 0 saturated heterocycles. The summed E-state index contributed by atoms with van der Waals surface area (Å²) in [4.78, 5) is 0. The second kappa shape index (κ2) is 6.18. The van der Waals surface area contributed by atoms with Gasteiger partial charge in [-0.15, -0.1) is 0 Å². The number of halogens is 3. The Balaban J connectivity index is 2.64. The fourth-order valence-corrected chi connectivity index (χ4v) is 2.11. The Bertz CT molecular complexity index is 658. The number of hydrogen-bond acceptors (Lipinski definition) is 2. The molecular formula is C16H16F3NO. The first kappa shape index (κ1) is 15.4. The van der Waals surface area contributed by atoms with E-state index in [0.717, 1.165) is 11.6 Å². The van der Waals surface area contributed by atoms with Crippen molar-refractivity contribution < 1.29 is 17.9 Å². The van der Waals surface area contributed by atoms with Crippen LogP contribution in [0.4, 0.5) is 13.2 Å². The van der Waals surface area contributed by atoms with Crippen LogP contribution in [-0.2, 0) is 0 Å². The van der Waals surface area contributed by atoms with Crippen molar-refractivity contribution in [2.24, 2.45) is 0 Å². The topological polar surface area (TPSA) is 21.3 Å². The van der Waals surface area contributed by atoms with Crippen molar-refractivity contribution >= 4 is 0 Å². The van der Waals surface area contributed by atoms with E-state index in [-0.39, 0.29) is 11.6 Å². The maximum atomic E-state index is 14.0. The molecule has 0 saturated carbocycles. The van der Waals surface area contributed by atoms with Gasteiger partial charge in [0.1, 0.15) is 5.75 Å². The van der Waals surface area contributed by atoms with Crippen LogP contribution in [0.25, 0.3) is 11.1 Å². The zero-order valence-electron chi connectivity index (χ0n) is 12.0. The molecule has 1 N–H and O–H groups in total. The summed E-state index contributed by atoms with van der Waals surface area (Å²) >= 11 is 0. The van der Waals surface area contributed by atoms with E-state index in [1.165, 1.54) is 13.2 Å². The summed E-state index contributed by atoms with van der Waals surface area (Å²) in [6.45, 7) is 1.94. The van der Waals surface area contributed by atoms with E-state index < -0.39 is 17.5 Å². The Labute approximate surface area is 121 Å². The Morgan fingerprint density at radius 1 is 1.00 bits per heavy atom. The number of nitrogens with one attached hydrogen (secondary N) is 1. The summed E-state index contributed by atoms with van der Waals surface area (Å²) in [6.07, 6.45) is 0. The molecule has 0 aromatic heterocycles. The van der Waals surface area contributed by atoms with Crippen LogP contribution in [0.15, 0.2) is 30.3 Å². The minimum atomic E-state index is -1.48. The summed E-state index contributed by atoms with van der Waals surface area (Å²) in [7, 11) is 3.24. The van der Waals surface area contributed by atoms with Crippen LogP contribution >= 0.6 is 0 Å². The molecule has 0 amide bonds. The van der Waals surface area contributed by atoms with Gasteiger partial charge in [-0.2, -0.15) is 0 Å². The van der Waals surface area contributed by atoms with Crippen LogP contribution in [0.5, 0.6) is 5.75 Å². The molecule has 21 heavy (non-hydrogen) atoms. The molecule has 5 heteroatoms. The molecule has 0 aliphatic rings. The van der Waals surface area contributed by atoms with Gasteiger partial charge in [0.05, 0.1) is 7.11 Å². The van der Waals surface area contributed by atoms with Gasteiger partial charge in [-0.3, -0.25) is 0 Å². The molecule has 2 aromatic carbocycles. The molecule has 0 heterocycles. The largest absolute Gasteiger partial charge is 0.496 e. The van der Waals surface area contributed by atoms with Gasteiger partial charge in [-0.05, 0) is 43.8 Å². The molecule has 0 bridgehead atoms. The summed E-state index contributed by atoms with van der Waals surface area (Å²) in [5.41, 5.74) is 1.24. The van der Waals surface area contributed by atoms with Gasteiger partial charge in [0.15, 0.2) is 17.5 Å². The molecule has 1 atom stereocenters. The predicted octanol–water partition coefficient (Wildman–Crippen LogP) is 4.06. The third-order valence-corrected chi connectivity index (χ3v) is 3.48. The zero-order chi connectivity index (χ0) is 15.6. The number of benzene rings is 2. The molecule has 0 aliphatic carbocycles. The standard InChI is InChI=1S/C16H16F3NO/c1-9(20-2)10-4-7-14(21-3)12(8-10)11-5-6-13(17)16(19)15(11)18/h4-9,20H,1-3H3. The number of hydrogen-bond donors (Lipinski definition) is 1. The van der Waals surface area contributed by atoms with Crippen LogP contribution < -0.4 is 10.1 Å². The third kappa shape index (κ3) is 2.88. The molecule has 0 spiro atoms. The van der Waals surface area contributed by atoms with E-state index in [0.29, 0.717) is 11.3 Å². The average molecular weight is 295 g/mol. The monoisotopic (exact) mass is 295 g/mol. The first-order valence-corrected chi connectivity index (χ1v) is 6.48. The van der Waals surface area contributed by atoms with Crippen LogP contribution in [0.3, 0.4) is 0 Å². The van der Waals surface area contributed by atoms with Crippen molar-refractivity contribution in [2.45, 2.75) is 13.0 Å². The lowest BCUT2D eigenvalue weighted by Crippen LogP contribution is -2.12. The van der Waals surface area contributed by atoms with Gasteiger partial charge >= 0.3 is 0 Å². The number of rotatable bonds is 4. The lowest BCUT2D eigenvalue weighted by atomic mass is 9.98. The Hall–Kier alpha value is -2.01. The van der Waals surface area contributed by atoms with Crippen molar-refractivity contribution in [3.8, 4) is 16.9 Å². The van der Waals surface area contributed by atoms with Crippen LogP contribution in [0.1, 0.15) is 18.5 Å². The van der Waals surface area contributed by atoms with E-state index >= 15 is 0 Å². The normalized spacial score (nSPS) is 12.3. The molecule has 112 valence electrons. The minimum absolute atomic E-state index is 0.0306. The molecule has 2 aromatic rings. The molecule has 0 fully saturated rings. The van der Waals surface area contributed by atoms with Gasteiger partial charge in [-0.25, -0.2) is 13.2 Å². The van der Waals surface area contributed by atoms with Gasteiger partial charge in [0.25, 0.3) is 0 Å². The zero-order valence-corrected chi connectivity index (χ0v) is 12.0. The van der Waals surface area contributed by atoms with Crippen molar-refractivity contribution in [1.29, 1.82) is 0 Å². The maximum Gasteiger partial charge on any atom is 0.195 e. The second-order valence-corrected chi connectivity index (χ2v) is 4.69. The van der Waals surface area contributed by atoms with Crippen LogP contribution in [0, 0.1) is 17.5 Å². The highest BCUT2D eigenvalue weighted by molar-refractivity contribution is 5.72. The predicted molar refractivity (Wildman–Crippen MR) is 75.8 cm³/mol. The molecule has 0 aliphatic heterocycles. The van der Waals surface area contributed by atoms with E-state index in [1.807, 2.05) is 13.0 Å². The van der Waals surface area contributed by atoms with Gasteiger partial charge < -0.3 is 10.1 Å². The van der Waals surface area contributed by atoms with E-state index in [1.54, 1.807) is 19.2 Å². The minimum Gasteiger partial charge on any atom is -0.496 e. The highest BCUT2D eigenvalue weighted by Crippen LogP contribution is 2.35. The van der Waals surface area contributed by atoms with Crippen molar-refractivity contribution in [2.75, 3.05) is 14.2 Å². The first-order chi connectivity index (χ1) is 9.99. The summed E-state index contributed by atoms with van der Waals surface area (Å²) in [6, 6.07) is 7.36. The van der Waals surface area contributed by atoms with Crippen molar-refractivity contribution in [1.82, 2.24) is 5.32 Å². The van der Waals surface area contributed by atoms with Crippen molar-refractivity contribution in [3.05, 3.63) is 53.3 Å². The smallest absolute Gasteiger partial charge is 0.195 e. The number of ether oxygens (including phenoxy) is 1. The van der Waals surface area contributed by atoms with E-state index in [9.17, 15) is 13.2 Å². The quantitative estimate of drug-likeness (QED) is 0.859. The highest BCUT2D eigenvalue weighted by Gasteiger charge is 2.18. The van der Waals surface area contributed by atoms with Crippen LogP contribution in [0.2, 0.25) is 0 Å². The summed E-state index contributed by atoms with van der Waals surface area (Å²) in [5, 5.41) is 3.06. The lowest BCUT2D eigenvalue weighted by Gasteiger charge is -2.15. The average Bonchev–Trinajstić information content (AvgIpc) is 2.51. The van der Waals surface area contributed by atoms with Crippen LogP contribution in [-0.4, -0.2) is 14.2 Å². The molecule has 2 rings (SSSR count). The Morgan fingerprint density at radius 3 is 2.33 bits per heavy atom. The Kier molecular flexibility index (Phi) is 4.53. The van der Waals surface area contributed by atoms with E-state index in [4.69, 9.17) is 4.74 Å². The van der Waals surface area contributed by atoms with Gasteiger partial charge in [-0.1, -0.05) is 6.07 Å². The fourth-order valence-electron chi connectivity index (χ4n) is 2.11. The summed E-state index contributed by atoms with van der Waals surface area (Å²) in [5.74, 6) is -3.52. The van der Waals surface area contributed by atoms with E-state index in [2.05, 4.69) is 5.32 Å². The molecule has 1 unspecified atom stereocenters. The SMILES string of the molecule is CNC(C)c1ccc(OC)c(-c2ccc(F)c(F)c2F)c1. The maximum absolute atomic E-state index is 14.0. The fraction of sp³-hybridized carbons (Fsp3) is 0.250. The Morgan fingerprint density at radius 2 is 1.71 bits per heavy atom. The van der Waals surface area contributed by atoms with Gasteiger partial charge in [0.2, 0.25) is 0 Å². The summed E-state index contributed by atoms with van der Waals surface area (Å²) < 4.78 is 45.7. The molecular weight excluding hydrogens is 279 g/mol. The van der Waals surface area contributed by atoms with Crippen molar-refractivity contribution in [3.63, 3.8) is 0 Å². The molecule has 2 nitrogen and oxygen atoms in total. The highest BCUT2D eigenvalue weighted by atomic mass is 19.2. The molecule has 0 radical (unpaired) electrons. The van der Waals surface area contributed by atoms with Gasteiger partial charge in [0, 0.05) is 17.2 Å². The third-order valence-electron chi connectivity index (χ3n) is 3.48. The second-order valence-electron chi connectivity index (χ2n) is 4.69.